The van der Waals surface area contributed by atoms with Gasteiger partial charge >= 0.3 is 0 Å². The molecule has 286 valence electrons. The molecule has 0 radical (unpaired) electrons. The third-order valence-electron chi connectivity index (χ3n) is 9.60. The van der Waals surface area contributed by atoms with Crippen LogP contribution in [-0.4, -0.2) is 64.2 Å². The van der Waals surface area contributed by atoms with Crippen molar-refractivity contribution in [1.82, 2.24) is 25.9 Å². The number of hydrogen-bond donors (Lipinski definition) is 8. The molecule has 2 aromatic carbocycles. The molecule has 11 N–H and O–H groups in total. The van der Waals surface area contributed by atoms with Crippen LogP contribution in [0.2, 0.25) is 0 Å². The van der Waals surface area contributed by atoms with Crippen molar-refractivity contribution in [1.29, 1.82) is 0 Å². The number of H-pyrrole nitrogens is 2. The molecule has 53 heavy (non-hydrogen) atoms. The molecule has 0 saturated heterocycles. The number of amides is 4. The quantitative estimate of drug-likeness (QED) is 0.0297. The number of benzene rings is 2. The number of carbonyl (C=O) groups is 4. The van der Waals surface area contributed by atoms with E-state index in [9.17, 15) is 19.2 Å². The number of unbranched alkanes of at least 4 members (excludes halogenated alkanes) is 8. The maximum atomic E-state index is 14.0. The summed E-state index contributed by atoms with van der Waals surface area (Å²) in [7, 11) is 0. The molecule has 2 aromatic heterocycles. The summed E-state index contributed by atoms with van der Waals surface area (Å²) in [6.07, 6.45) is 14.9. The Hall–Kier alpha value is -5.33. The highest BCUT2D eigenvalue weighted by Gasteiger charge is 2.30. The second-order valence-electron chi connectivity index (χ2n) is 13.8. The lowest BCUT2D eigenvalue weighted by atomic mass is 10.0. The van der Waals surface area contributed by atoms with Crippen molar-refractivity contribution in [2.24, 2.45) is 22.2 Å². The first-order valence-corrected chi connectivity index (χ1v) is 19.0. The van der Waals surface area contributed by atoms with Gasteiger partial charge in [0.2, 0.25) is 23.6 Å². The third kappa shape index (κ3) is 13.0. The minimum atomic E-state index is -1.10. The van der Waals surface area contributed by atoms with Crippen LogP contribution >= 0.6 is 0 Å². The molecule has 0 aliphatic rings. The van der Waals surface area contributed by atoms with Gasteiger partial charge in [-0.1, -0.05) is 94.7 Å². The van der Waals surface area contributed by atoms with E-state index < -0.39 is 35.8 Å². The van der Waals surface area contributed by atoms with E-state index in [0.717, 1.165) is 58.6 Å². The van der Waals surface area contributed by atoms with E-state index in [0.29, 0.717) is 12.8 Å². The molecular weight excluding hydrogens is 670 g/mol. The van der Waals surface area contributed by atoms with Crippen molar-refractivity contribution in [3.63, 3.8) is 0 Å². The van der Waals surface area contributed by atoms with Gasteiger partial charge in [-0.15, -0.1) is 0 Å². The van der Waals surface area contributed by atoms with E-state index in [2.05, 4.69) is 37.8 Å². The minimum absolute atomic E-state index is 0.0625. The molecule has 4 rings (SSSR count). The number of aromatic nitrogens is 2. The maximum absolute atomic E-state index is 14.0. The smallest absolute Gasteiger partial charge is 0.243 e. The lowest BCUT2D eigenvalue weighted by Gasteiger charge is -2.25. The van der Waals surface area contributed by atoms with Gasteiger partial charge in [-0.3, -0.25) is 24.2 Å². The van der Waals surface area contributed by atoms with E-state index in [-0.39, 0.29) is 37.7 Å². The molecule has 4 amide bonds. The second kappa shape index (κ2) is 21.3. The lowest BCUT2D eigenvalue weighted by molar-refractivity contribution is -0.133. The monoisotopic (exact) mass is 727 g/mol. The van der Waals surface area contributed by atoms with Gasteiger partial charge in [0.15, 0.2) is 5.96 Å². The molecule has 0 saturated carbocycles. The summed E-state index contributed by atoms with van der Waals surface area (Å²) in [5, 5.41) is 10.4. The number of hydrogen-bond acceptors (Lipinski definition) is 5. The van der Waals surface area contributed by atoms with Crippen LogP contribution in [-0.2, 0) is 32.0 Å². The van der Waals surface area contributed by atoms with Gasteiger partial charge < -0.3 is 43.1 Å². The predicted molar refractivity (Wildman–Crippen MR) is 211 cm³/mol. The molecule has 3 atom stereocenters. The Morgan fingerprint density at radius 2 is 1.15 bits per heavy atom. The van der Waals surface area contributed by atoms with Crippen LogP contribution < -0.4 is 33.2 Å². The molecule has 0 unspecified atom stereocenters. The van der Waals surface area contributed by atoms with Crippen LogP contribution in [0.1, 0.15) is 95.1 Å². The van der Waals surface area contributed by atoms with Crippen molar-refractivity contribution in [3.8, 4) is 0 Å². The average Bonchev–Trinajstić information content (AvgIpc) is 3.75. The van der Waals surface area contributed by atoms with Gasteiger partial charge in [0, 0.05) is 60.0 Å². The summed E-state index contributed by atoms with van der Waals surface area (Å²) >= 11 is 0. The van der Waals surface area contributed by atoms with Crippen LogP contribution in [0.15, 0.2) is 65.9 Å². The van der Waals surface area contributed by atoms with E-state index in [4.69, 9.17) is 17.2 Å². The number of rotatable bonds is 24. The predicted octanol–water partition coefficient (Wildman–Crippen LogP) is 4.35. The fourth-order valence-corrected chi connectivity index (χ4v) is 6.65. The van der Waals surface area contributed by atoms with Gasteiger partial charge in [-0.25, -0.2) is 0 Å². The van der Waals surface area contributed by atoms with E-state index in [1.165, 1.54) is 32.1 Å². The van der Waals surface area contributed by atoms with Crippen LogP contribution in [0.25, 0.3) is 21.8 Å². The molecule has 0 fully saturated rings. The molecule has 13 heteroatoms. The number of aromatic amines is 2. The van der Waals surface area contributed by atoms with Gasteiger partial charge in [0.05, 0.1) is 0 Å². The normalized spacial score (nSPS) is 12.9. The maximum Gasteiger partial charge on any atom is 0.243 e. The van der Waals surface area contributed by atoms with Gasteiger partial charge in [-0.2, -0.15) is 0 Å². The number of para-hydroxylation sites is 2. The number of nitrogens with one attached hydrogen (secondary N) is 5. The fourth-order valence-electron chi connectivity index (χ4n) is 6.65. The minimum Gasteiger partial charge on any atom is -0.370 e. The van der Waals surface area contributed by atoms with E-state index >= 15 is 0 Å². The summed E-state index contributed by atoms with van der Waals surface area (Å²) in [6.45, 7) is 2.48. The summed E-state index contributed by atoms with van der Waals surface area (Å²) in [5.74, 6) is -2.11. The van der Waals surface area contributed by atoms with Crippen LogP contribution in [0, 0.1) is 0 Å². The van der Waals surface area contributed by atoms with Crippen molar-refractivity contribution in [3.05, 3.63) is 72.1 Å². The Balaban J connectivity index is 1.47. The Labute approximate surface area is 311 Å². The lowest BCUT2D eigenvalue weighted by Crippen LogP contribution is -2.57. The molecule has 0 aliphatic carbocycles. The molecular formula is C40H57N9O4. The Bertz CT molecular complexity index is 1810. The number of nitrogens with zero attached hydrogens (tertiary/aromatic N) is 1. The van der Waals surface area contributed by atoms with Crippen LogP contribution in [0.5, 0.6) is 0 Å². The zero-order valence-corrected chi connectivity index (χ0v) is 30.9. The number of primary amides is 1. The molecule has 2 heterocycles. The SMILES string of the molecule is CCCCCCCCCCCC(=O)N[C@@H](CCCN=C(N)N)C(=O)N[C@@H](Cc1c[nH]c2ccccc12)C(=O)N[C@@H](Cc1c[nH]c2ccccc12)C(N)=O. The number of aliphatic imine (C=N–C) groups is 1. The van der Waals surface area contributed by atoms with Crippen LogP contribution in [0.4, 0.5) is 0 Å². The highest BCUT2D eigenvalue weighted by Crippen LogP contribution is 2.21. The van der Waals surface area contributed by atoms with E-state index in [1.54, 1.807) is 12.4 Å². The zero-order valence-electron chi connectivity index (χ0n) is 30.9. The highest BCUT2D eigenvalue weighted by atomic mass is 16.2. The topological polar surface area (TPSA) is 226 Å². The number of carbonyl (C=O) groups excluding carboxylic acids is 4. The van der Waals surface area contributed by atoms with Gasteiger partial charge in [0.25, 0.3) is 0 Å². The highest BCUT2D eigenvalue weighted by molar-refractivity contribution is 5.95. The van der Waals surface area contributed by atoms with Crippen molar-refractivity contribution in [2.75, 3.05) is 6.54 Å². The number of nitrogens with two attached hydrogens (primary N) is 3. The van der Waals surface area contributed by atoms with Gasteiger partial charge in [0.1, 0.15) is 18.1 Å². The third-order valence-corrected chi connectivity index (χ3v) is 9.60. The van der Waals surface area contributed by atoms with E-state index in [1.807, 2.05) is 48.5 Å². The van der Waals surface area contributed by atoms with Crippen LogP contribution in [0.3, 0.4) is 0 Å². The first kappa shape index (κ1) is 40.4. The fraction of sp³-hybridized carbons (Fsp3) is 0.475. The Kier molecular flexibility index (Phi) is 16.2. The summed E-state index contributed by atoms with van der Waals surface area (Å²) in [4.78, 5) is 64.2. The standard InChI is InChI=1S/C40H57N9O4/c1-2-3-4-5-6-7-8-9-10-21-36(50)47-33(20-15-22-44-40(42)43)38(52)49-35(24-28-26-46-32-19-14-12-17-30(28)32)39(53)48-34(37(41)51)23-27-25-45-31-18-13-11-16-29(27)31/h11-14,16-19,25-26,33-35,45-46H,2-10,15,20-24H2,1H3,(H2,41,51)(H,47,50)(H,48,53)(H,49,52)(H4,42,43,44)/t33-,34-,35-/m0/s1. The first-order chi connectivity index (χ1) is 25.7. The zero-order chi connectivity index (χ0) is 38.0. The summed E-state index contributed by atoms with van der Waals surface area (Å²) < 4.78 is 0. The molecule has 13 nitrogen and oxygen atoms in total. The first-order valence-electron chi connectivity index (χ1n) is 19.0. The molecule has 0 aliphatic heterocycles. The molecule has 0 bridgehead atoms. The number of guanidine groups is 1. The summed E-state index contributed by atoms with van der Waals surface area (Å²) in [5.41, 5.74) is 20.2. The molecule has 0 spiro atoms. The second-order valence-corrected chi connectivity index (χ2v) is 13.8. The largest absolute Gasteiger partial charge is 0.370 e. The Morgan fingerprint density at radius 3 is 1.72 bits per heavy atom. The molecule has 4 aromatic rings. The van der Waals surface area contributed by atoms with Crippen molar-refractivity contribution >= 4 is 51.4 Å². The summed E-state index contributed by atoms with van der Waals surface area (Å²) in [6, 6.07) is 12.2. The van der Waals surface area contributed by atoms with Gasteiger partial charge in [-0.05, 0) is 42.5 Å². The Morgan fingerprint density at radius 1 is 0.642 bits per heavy atom. The van der Waals surface area contributed by atoms with Crippen molar-refractivity contribution in [2.45, 2.75) is 115 Å². The number of fused-ring (bicyclic) bond motifs is 2. The average molecular weight is 728 g/mol. The van der Waals surface area contributed by atoms with Crippen molar-refractivity contribution < 1.29 is 19.2 Å².